The second kappa shape index (κ2) is 6.62. The number of imidazole rings is 1. The van der Waals surface area contributed by atoms with Crippen molar-refractivity contribution in [3.63, 3.8) is 0 Å². The third kappa shape index (κ3) is 3.12. The molecule has 5 rings (SSSR count). The van der Waals surface area contributed by atoms with Gasteiger partial charge in [0.1, 0.15) is 11.6 Å². The van der Waals surface area contributed by atoms with Gasteiger partial charge in [0.25, 0.3) is 0 Å². The smallest absolute Gasteiger partial charge is 0.214 e. The SMILES string of the molecule is Fc1ccc(-c2cn3nc(N4CCN(c5ccccn5)CC4)sc3n2)cc1. The Balaban J connectivity index is 1.31. The van der Waals surface area contributed by atoms with Gasteiger partial charge < -0.3 is 9.80 Å². The van der Waals surface area contributed by atoms with Gasteiger partial charge in [0.15, 0.2) is 0 Å². The molecule has 1 aliphatic rings. The van der Waals surface area contributed by atoms with E-state index in [0.29, 0.717) is 0 Å². The minimum Gasteiger partial charge on any atom is -0.353 e. The van der Waals surface area contributed by atoms with Gasteiger partial charge in [-0.15, -0.1) is 5.10 Å². The molecule has 27 heavy (non-hydrogen) atoms. The number of halogens is 1. The van der Waals surface area contributed by atoms with Crippen LogP contribution in [0.1, 0.15) is 0 Å². The Kier molecular flexibility index (Phi) is 3.97. The van der Waals surface area contributed by atoms with Crippen LogP contribution in [0.5, 0.6) is 0 Å². The second-order valence-electron chi connectivity index (χ2n) is 6.41. The van der Waals surface area contributed by atoms with E-state index in [-0.39, 0.29) is 5.82 Å². The standard InChI is InChI=1S/C19H17FN6S/c20-15-6-4-14(5-7-15)16-13-26-18(22-16)27-19(23-26)25-11-9-24(10-12-25)17-3-1-2-8-21-17/h1-8,13H,9-12H2. The molecule has 4 aromatic rings. The van der Waals surface area contributed by atoms with Gasteiger partial charge >= 0.3 is 0 Å². The van der Waals surface area contributed by atoms with Crippen LogP contribution >= 0.6 is 11.3 Å². The van der Waals surface area contributed by atoms with Gasteiger partial charge in [-0.1, -0.05) is 17.4 Å². The van der Waals surface area contributed by atoms with E-state index in [0.717, 1.165) is 53.3 Å². The quantitative estimate of drug-likeness (QED) is 0.546. The molecule has 6 nitrogen and oxygen atoms in total. The van der Waals surface area contributed by atoms with Crippen LogP contribution in [0, 0.1) is 5.82 Å². The molecule has 0 bridgehead atoms. The summed E-state index contributed by atoms with van der Waals surface area (Å²) in [6.45, 7) is 3.63. The van der Waals surface area contributed by atoms with Crippen molar-refractivity contribution in [2.45, 2.75) is 0 Å². The molecular weight excluding hydrogens is 363 g/mol. The van der Waals surface area contributed by atoms with E-state index < -0.39 is 0 Å². The van der Waals surface area contributed by atoms with Crippen LogP contribution in [0.4, 0.5) is 15.3 Å². The summed E-state index contributed by atoms with van der Waals surface area (Å²) in [5.41, 5.74) is 1.69. The fraction of sp³-hybridized carbons (Fsp3) is 0.211. The van der Waals surface area contributed by atoms with Crippen molar-refractivity contribution in [1.82, 2.24) is 19.6 Å². The zero-order valence-electron chi connectivity index (χ0n) is 14.5. The van der Waals surface area contributed by atoms with E-state index in [2.05, 4.69) is 24.9 Å². The lowest BCUT2D eigenvalue weighted by molar-refractivity contribution is 0.628. The van der Waals surface area contributed by atoms with Gasteiger partial charge in [-0.3, -0.25) is 0 Å². The van der Waals surface area contributed by atoms with Crippen molar-refractivity contribution in [3.05, 3.63) is 60.7 Å². The van der Waals surface area contributed by atoms with Gasteiger partial charge in [0, 0.05) is 37.9 Å². The van der Waals surface area contributed by atoms with Crippen LogP contribution in [0.3, 0.4) is 0 Å². The lowest BCUT2D eigenvalue weighted by Crippen LogP contribution is -2.46. The maximum Gasteiger partial charge on any atom is 0.214 e. The predicted molar refractivity (Wildman–Crippen MR) is 105 cm³/mol. The third-order valence-electron chi connectivity index (χ3n) is 4.70. The number of anilines is 2. The molecule has 0 spiro atoms. The predicted octanol–water partition coefficient (Wildman–Crippen LogP) is 3.32. The Morgan fingerprint density at radius 1 is 0.926 bits per heavy atom. The zero-order valence-corrected chi connectivity index (χ0v) is 15.3. The molecule has 1 fully saturated rings. The van der Waals surface area contributed by atoms with E-state index >= 15 is 0 Å². The van der Waals surface area contributed by atoms with Gasteiger partial charge in [0.05, 0.1) is 11.9 Å². The fourth-order valence-electron chi connectivity index (χ4n) is 3.24. The molecule has 0 radical (unpaired) electrons. The minimum atomic E-state index is -0.245. The Labute approximate surface area is 159 Å². The van der Waals surface area contributed by atoms with E-state index in [1.165, 1.54) is 12.1 Å². The molecule has 3 aromatic heterocycles. The van der Waals surface area contributed by atoms with Crippen molar-refractivity contribution in [3.8, 4) is 11.3 Å². The van der Waals surface area contributed by atoms with Crippen molar-refractivity contribution in [1.29, 1.82) is 0 Å². The fourth-order valence-corrected chi connectivity index (χ4v) is 4.18. The second-order valence-corrected chi connectivity index (χ2v) is 7.34. The molecular formula is C19H17FN6S. The summed E-state index contributed by atoms with van der Waals surface area (Å²) in [5.74, 6) is 0.778. The summed E-state index contributed by atoms with van der Waals surface area (Å²) < 4.78 is 14.9. The van der Waals surface area contributed by atoms with Gasteiger partial charge in [0.2, 0.25) is 10.1 Å². The highest BCUT2D eigenvalue weighted by Gasteiger charge is 2.21. The summed E-state index contributed by atoms with van der Waals surface area (Å²) in [4.78, 5) is 14.5. The molecule has 1 aliphatic heterocycles. The van der Waals surface area contributed by atoms with Gasteiger partial charge in [-0.25, -0.2) is 18.9 Å². The Morgan fingerprint density at radius 2 is 1.70 bits per heavy atom. The lowest BCUT2D eigenvalue weighted by atomic mass is 10.2. The number of pyridine rings is 1. The third-order valence-corrected chi connectivity index (χ3v) is 5.68. The highest BCUT2D eigenvalue weighted by atomic mass is 32.1. The summed E-state index contributed by atoms with van der Waals surface area (Å²) in [5, 5.41) is 5.66. The molecule has 0 saturated carbocycles. The van der Waals surface area contributed by atoms with Crippen LogP contribution in [-0.2, 0) is 0 Å². The highest BCUT2D eigenvalue weighted by Crippen LogP contribution is 2.28. The Bertz CT molecular complexity index is 1020. The summed E-state index contributed by atoms with van der Waals surface area (Å²) >= 11 is 1.58. The zero-order chi connectivity index (χ0) is 18.2. The largest absolute Gasteiger partial charge is 0.353 e. The first kappa shape index (κ1) is 16.2. The first-order valence-electron chi connectivity index (χ1n) is 8.79. The molecule has 0 amide bonds. The van der Waals surface area contributed by atoms with Crippen molar-refractivity contribution in [2.24, 2.45) is 0 Å². The molecule has 4 heterocycles. The number of piperazine rings is 1. The molecule has 0 unspecified atom stereocenters. The average Bonchev–Trinajstić information content (AvgIpc) is 3.29. The molecule has 1 saturated heterocycles. The summed E-state index contributed by atoms with van der Waals surface area (Å²) in [7, 11) is 0. The van der Waals surface area contributed by atoms with E-state index in [1.54, 1.807) is 23.5 Å². The lowest BCUT2D eigenvalue weighted by Gasteiger charge is -2.34. The number of benzene rings is 1. The molecule has 0 atom stereocenters. The molecule has 0 aliphatic carbocycles. The van der Waals surface area contributed by atoms with Gasteiger partial charge in [-0.05, 0) is 36.4 Å². The Morgan fingerprint density at radius 3 is 2.41 bits per heavy atom. The van der Waals surface area contributed by atoms with Gasteiger partial charge in [-0.2, -0.15) is 0 Å². The first-order chi connectivity index (χ1) is 13.3. The normalized spacial score (nSPS) is 14.9. The molecule has 136 valence electrons. The van der Waals surface area contributed by atoms with E-state index in [4.69, 9.17) is 0 Å². The maximum atomic E-state index is 13.1. The number of aromatic nitrogens is 4. The topological polar surface area (TPSA) is 49.6 Å². The average molecular weight is 380 g/mol. The molecule has 8 heteroatoms. The number of rotatable bonds is 3. The highest BCUT2D eigenvalue weighted by molar-refractivity contribution is 7.20. The van der Waals surface area contributed by atoms with Crippen LogP contribution in [0.2, 0.25) is 0 Å². The number of hydrogen-bond donors (Lipinski definition) is 0. The van der Waals surface area contributed by atoms with E-state index in [9.17, 15) is 4.39 Å². The van der Waals surface area contributed by atoms with Crippen LogP contribution < -0.4 is 9.80 Å². The van der Waals surface area contributed by atoms with Crippen LogP contribution in [-0.4, -0.2) is 45.8 Å². The van der Waals surface area contributed by atoms with Crippen LogP contribution in [0.25, 0.3) is 16.2 Å². The summed E-state index contributed by atoms with van der Waals surface area (Å²) in [6.07, 6.45) is 3.73. The van der Waals surface area contributed by atoms with Crippen molar-refractivity contribution < 1.29 is 4.39 Å². The van der Waals surface area contributed by atoms with Crippen molar-refractivity contribution in [2.75, 3.05) is 36.0 Å². The first-order valence-corrected chi connectivity index (χ1v) is 9.61. The molecule has 1 aromatic carbocycles. The van der Waals surface area contributed by atoms with E-state index in [1.807, 2.05) is 35.1 Å². The number of fused-ring (bicyclic) bond motifs is 1. The Hall–Kier alpha value is -3.00. The number of nitrogens with zero attached hydrogens (tertiary/aromatic N) is 6. The molecule has 0 N–H and O–H groups in total. The number of hydrogen-bond acceptors (Lipinski definition) is 6. The summed E-state index contributed by atoms with van der Waals surface area (Å²) in [6, 6.07) is 12.4. The minimum absolute atomic E-state index is 0.245. The maximum absolute atomic E-state index is 13.1. The van der Waals surface area contributed by atoms with Crippen LogP contribution in [0.15, 0.2) is 54.9 Å². The monoisotopic (exact) mass is 380 g/mol. The van der Waals surface area contributed by atoms with Crippen molar-refractivity contribution >= 4 is 27.2 Å².